The van der Waals surface area contributed by atoms with E-state index in [0.29, 0.717) is 39.1 Å². The summed E-state index contributed by atoms with van der Waals surface area (Å²) in [6.45, 7) is 5.99. The Morgan fingerprint density at radius 1 is 1.00 bits per heavy atom. The molecule has 0 saturated heterocycles. The highest BCUT2D eigenvalue weighted by atomic mass is 16.5. The van der Waals surface area contributed by atoms with Crippen LogP contribution < -0.4 is 5.32 Å². The van der Waals surface area contributed by atoms with E-state index in [9.17, 15) is 9.59 Å². The molecule has 156 valence electrons. The van der Waals surface area contributed by atoms with Crippen molar-refractivity contribution in [2.75, 3.05) is 19.8 Å². The molecular weight excluding hydrogens is 364 g/mol. The van der Waals surface area contributed by atoms with E-state index in [0.717, 1.165) is 17.5 Å². The summed E-state index contributed by atoms with van der Waals surface area (Å²) in [6.07, 6.45) is 1.79. The zero-order valence-electron chi connectivity index (χ0n) is 17.5. The van der Waals surface area contributed by atoms with Crippen LogP contribution in [-0.2, 0) is 27.3 Å². The highest BCUT2D eigenvalue weighted by Gasteiger charge is 2.25. The molecule has 0 aliphatic carbocycles. The molecule has 0 spiro atoms. The summed E-state index contributed by atoms with van der Waals surface area (Å²) < 4.78 is 5.30. The number of aryl methyl sites for hydroxylation is 1. The molecule has 0 unspecified atom stereocenters. The van der Waals surface area contributed by atoms with Crippen LogP contribution in [0.2, 0.25) is 0 Å². The first-order valence-electron chi connectivity index (χ1n) is 10.3. The predicted molar refractivity (Wildman–Crippen MR) is 115 cm³/mol. The van der Waals surface area contributed by atoms with Gasteiger partial charge < -0.3 is 15.0 Å². The summed E-state index contributed by atoms with van der Waals surface area (Å²) in [5.41, 5.74) is 2.13. The van der Waals surface area contributed by atoms with Crippen LogP contribution in [0.1, 0.15) is 37.8 Å². The second-order valence-electron chi connectivity index (χ2n) is 7.01. The minimum Gasteiger partial charge on any atom is -0.382 e. The smallest absolute Gasteiger partial charge is 0.242 e. The van der Waals surface area contributed by atoms with Crippen LogP contribution in [-0.4, -0.2) is 42.5 Å². The summed E-state index contributed by atoms with van der Waals surface area (Å²) in [6, 6.07) is 19.2. The second kappa shape index (κ2) is 12.7. The quantitative estimate of drug-likeness (QED) is 0.558. The van der Waals surface area contributed by atoms with E-state index in [1.165, 1.54) is 0 Å². The number of benzene rings is 2. The van der Waals surface area contributed by atoms with Gasteiger partial charge >= 0.3 is 0 Å². The molecule has 2 rings (SSSR count). The number of rotatable bonds is 12. The second-order valence-corrected chi connectivity index (χ2v) is 7.01. The summed E-state index contributed by atoms with van der Waals surface area (Å²) in [5, 5.41) is 2.92. The van der Waals surface area contributed by atoms with Gasteiger partial charge in [0.15, 0.2) is 0 Å². The first-order valence-corrected chi connectivity index (χ1v) is 10.3. The van der Waals surface area contributed by atoms with Crippen LogP contribution in [0.25, 0.3) is 0 Å². The Morgan fingerprint density at radius 3 is 2.24 bits per heavy atom. The monoisotopic (exact) mass is 396 g/mol. The van der Waals surface area contributed by atoms with Crippen molar-refractivity contribution in [3.63, 3.8) is 0 Å². The van der Waals surface area contributed by atoms with E-state index in [2.05, 4.69) is 5.32 Å². The first-order chi connectivity index (χ1) is 14.1. The third-order valence-electron chi connectivity index (χ3n) is 4.80. The summed E-state index contributed by atoms with van der Waals surface area (Å²) in [5.74, 6) is -0.153. The van der Waals surface area contributed by atoms with E-state index >= 15 is 0 Å². The van der Waals surface area contributed by atoms with E-state index in [4.69, 9.17) is 4.74 Å². The maximum atomic E-state index is 13.0. The van der Waals surface area contributed by atoms with Crippen molar-refractivity contribution in [3.8, 4) is 0 Å². The van der Waals surface area contributed by atoms with E-state index < -0.39 is 6.04 Å². The highest BCUT2D eigenvalue weighted by Crippen LogP contribution is 2.13. The Balaban J connectivity index is 1.99. The maximum Gasteiger partial charge on any atom is 0.242 e. The first kappa shape index (κ1) is 22.6. The molecule has 2 aromatic rings. The molecule has 0 saturated carbocycles. The molecule has 0 aliphatic heterocycles. The minimum atomic E-state index is -0.537. The zero-order chi connectivity index (χ0) is 20.9. The average Bonchev–Trinajstić information content (AvgIpc) is 2.76. The molecule has 5 heteroatoms. The standard InChI is InChI=1S/C24H32N2O3/c1-3-29-18-10-17-25-24(28)20(2)26(19-22-13-8-5-9-14-22)23(27)16-15-21-11-6-4-7-12-21/h4-9,11-14,20H,3,10,15-19H2,1-2H3,(H,25,28)/t20-/m0/s1. The number of nitrogens with zero attached hydrogens (tertiary/aromatic N) is 1. The van der Waals surface area contributed by atoms with Crippen molar-refractivity contribution < 1.29 is 14.3 Å². The Morgan fingerprint density at radius 2 is 1.62 bits per heavy atom. The number of hydrogen-bond donors (Lipinski definition) is 1. The largest absolute Gasteiger partial charge is 0.382 e. The number of nitrogens with one attached hydrogen (secondary N) is 1. The predicted octanol–water partition coefficient (Wildman–Crippen LogP) is 3.58. The van der Waals surface area contributed by atoms with Crippen molar-refractivity contribution in [1.82, 2.24) is 10.2 Å². The molecule has 1 atom stereocenters. The van der Waals surface area contributed by atoms with Crippen LogP contribution in [0.4, 0.5) is 0 Å². The molecule has 2 amide bonds. The van der Waals surface area contributed by atoms with Gasteiger partial charge in [0.2, 0.25) is 11.8 Å². The topological polar surface area (TPSA) is 58.6 Å². The zero-order valence-corrected chi connectivity index (χ0v) is 17.5. The van der Waals surface area contributed by atoms with Gasteiger partial charge in [0, 0.05) is 32.7 Å². The fraction of sp³-hybridized carbons (Fsp3) is 0.417. The lowest BCUT2D eigenvalue weighted by Crippen LogP contribution is -2.48. The average molecular weight is 397 g/mol. The normalized spacial score (nSPS) is 11.7. The van der Waals surface area contributed by atoms with Gasteiger partial charge in [-0.2, -0.15) is 0 Å². The Labute approximate surface area is 174 Å². The van der Waals surface area contributed by atoms with Gasteiger partial charge in [0.05, 0.1) is 0 Å². The lowest BCUT2D eigenvalue weighted by molar-refractivity contribution is -0.140. The lowest BCUT2D eigenvalue weighted by Gasteiger charge is -2.29. The molecule has 2 aromatic carbocycles. The van der Waals surface area contributed by atoms with Crippen LogP contribution >= 0.6 is 0 Å². The lowest BCUT2D eigenvalue weighted by atomic mass is 10.1. The molecule has 0 heterocycles. The molecule has 0 bridgehead atoms. The summed E-state index contributed by atoms with van der Waals surface area (Å²) in [4.78, 5) is 27.3. The van der Waals surface area contributed by atoms with Crippen LogP contribution in [0.15, 0.2) is 60.7 Å². The number of amides is 2. The third-order valence-corrected chi connectivity index (χ3v) is 4.80. The molecule has 0 fully saturated rings. The van der Waals surface area contributed by atoms with E-state index in [-0.39, 0.29) is 11.8 Å². The molecule has 5 nitrogen and oxygen atoms in total. The maximum absolute atomic E-state index is 13.0. The number of carbonyl (C=O) groups excluding carboxylic acids is 2. The van der Waals surface area contributed by atoms with Gasteiger partial charge in [-0.3, -0.25) is 9.59 Å². The van der Waals surface area contributed by atoms with Gasteiger partial charge in [0.1, 0.15) is 6.04 Å². The minimum absolute atomic E-state index is 0.0188. The van der Waals surface area contributed by atoms with E-state index in [1.807, 2.05) is 67.6 Å². The summed E-state index contributed by atoms with van der Waals surface area (Å²) >= 11 is 0. The Kier molecular flexibility index (Phi) is 9.93. The van der Waals surface area contributed by atoms with Crippen molar-refractivity contribution in [2.45, 2.75) is 45.7 Å². The molecule has 29 heavy (non-hydrogen) atoms. The van der Waals surface area contributed by atoms with Gasteiger partial charge in [0.25, 0.3) is 0 Å². The summed E-state index contributed by atoms with van der Waals surface area (Å²) in [7, 11) is 0. The molecule has 1 N–H and O–H groups in total. The number of carbonyl (C=O) groups is 2. The van der Waals surface area contributed by atoms with Crippen molar-refractivity contribution in [3.05, 3.63) is 71.8 Å². The van der Waals surface area contributed by atoms with Crippen molar-refractivity contribution in [1.29, 1.82) is 0 Å². The Bertz CT molecular complexity index is 734. The van der Waals surface area contributed by atoms with E-state index in [1.54, 1.807) is 11.8 Å². The molecule has 0 radical (unpaired) electrons. The molecule has 0 aromatic heterocycles. The van der Waals surface area contributed by atoms with Crippen LogP contribution in [0.5, 0.6) is 0 Å². The van der Waals surface area contributed by atoms with Crippen LogP contribution in [0, 0.1) is 0 Å². The van der Waals surface area contributed by atoms with Gasteiger partial charge in [-0.25, -0.2) is 0 Å². The number of hydrogen-bond acceptors (Lipinski definition) is 3. The Hall–Kier alpha value is -2.66. The SMILES string of the molecule is CCOCCCNC(=O)[C@H](C)N(Cc1ccccc1)C(=O)CCc1ccccc1. The highest BCUT2D eigenvalue weighted by molar-refractivity contribution is 5.87. The molecule has 0 aliphatic rings. The van der Waals surface area contributed by atoms with Gasteiger partial charge in [-0.15, -0.1) is 0 Å². The van der Waals surface area contributed by atoms with Crippen molar-refractivity contribution >= 4 is 11.8 Å². The number of ether oxygens (including phenoxy) is 1. The van der Waals surface area contributed by atoms with Crippen molar-refractivity contribution in [2.24, 2.45) is 0 Å². The van der Waals surface area contributed by atoms with Crippen LogP contribution in [0.3, 0.4) is 0 Å². The fourth-order valence-electron chi connectivity index (χ4n) is 3.08. The van der Waals surface area contributed by atoms with Gasteiger partial charge in [-0.1, -0.05) is 60.7 Å². The third kappa shape index (κ3) is 8.08. The fourth-order valence-corrected chi connectivity index (χ4v) is 3.08. The molecular formula is C24H32N2O3. The van der Waals surface area contributed by atoms with Gasteiger partial charge in [-0.05, 0) is 37.8 Å².